The van der Waals surface area contributed by atoms with Crippen LogP contribution in [0.4, 0.5) is 39.5 Å². The number of amides is 5. The van der Waals surface area contributed by atoms with E-state index in [1.54, 1.807) is 9.80 Å². The van der Waals surface area contributed by atoms with Crippen molar-refractivity contribution in [2.75, 3.05) is 74.0 Å². The maximum Gasteiger partial charge on any atom is 0.415 e. The summed E-state index contributed by atoms with van der Waals surface area (Å²) in [6, 6.07) is 9.58. The van der Waals surface area contributed by atoms with Gasteiger partial charge in [-0.2, -0.15) is 13.2 Å². The highest BCUT2D eigenvalue weighted by Gasteiger charge is 2.63. The number of phenolic OH excluding ortho intramolecular Hbond substituents is 1. The first-order chi connectivity index (χ1) is 29.1. The highest BCUT2D eigenvalue weighted by atomic mass is 19.4. The van der Waals surface area contributed by atoms with Gasteiger partial charge in [0, 0.05) is 87.7 Å². The van der Waals surface area contributed by atoms with Crippen molar-refractivity contribution < 1.29 is 41.8 Å². The number of nitrogens with zero attached hydrogens (tertiary/aromatic N) is 8. The summed E-state index contributed by atoms with van der Waals surface area (Å²) in [5, 5.41) is 23.6. The number of phenols is 1. The highest BCUT2D eigenvalue weighted by Crippen LogP contribution is 2.47. The molecule has 4 fully saturated rings. The van der Waals surface area contributed by atoms with Gasteiger partial charge in [-0.3, -0.25) is 24.6 Å². The summed E-state index contributed by atoms with van der Waals surface area (Å²) in [7, 11) is 0. The summed E-state index contributed by atoms with van der Waals surface area (Å²) in [6.45, 7) is 6.93. The predicted molar refractivity (Wildman–Crippen MR) is 215 cm³/mol. The summed E-state index contributed by atoms with van der Waals surface area (Å²) in [4.78, 5) is 62.3. The number of aromatic nitrogens is 2. The lowest BCUT2D eigenvalue weighted by molar-refractivity contribution is -0.191. The number of carbonyl (C=O) groups is 4. The molecule has 0 bridgehead atoms. The van der Waals surface area contributed by atoms with Crippen LogP contribution >= 0.6 is 0 Å². The predicted octanol–water partition coefficient (Wildman–Crippen LogP) is 4.03. The number of piperazine rings is 2. The van der Waals surface area contributed by atoms with Crippen molar-refractivity contribution in [2.45, 2.75) is 75.9 Å². The van der Waals surface area contributed by atoms with Gasteiger partial charge in [-0.05, 0) is 74.9 Å². The smallest absolute Gasteiger partial charge is 0.415 e. The van der Waals surface area contributed by atoms with Crippen LogP contribution in [0.25, 0.3) is 11.3 Å². The number of halogens is 4. The molecule has 15 nitrogen and oxygen atoms in total. The van der Waals surface area contributed by atoms with E-state index in [9.17, 15) is 28.7 Å². The number of urea groups is 1. The van der Waals surface area contributed by atoms with E-state index >= 15 is 13.2 Å². The minimum atomic E-state index is -4.76. The lowest BCUT2D eigenvalue weighted by atomic mass is 9.86. The Bertz CT molecular complexity index is 2260. The van der Waals surface area contributed by atoms with Crippen molar-refractivity contribution in [1.29, 1.82) is 0 Å². The molecule has 4 saturated heterocycles. The molecule has 0 aliphatic carbocycles. The summed E-state index contributed by atoms with van der Waals surface area (Å²) in [5.74, 6) is -2.12. The number of alkyl halides is 3. The number of piperidine rings is 2. The topological polar surface area (TPSA) is 158 Å². The first kappa shape index (κ1) is 40.7. The van der Waals surface area contributed by atoms with E-state index in [-0.39, 0.29) is 72.1 Å². The monoisotopic (exact) mass is 848 g/mol. The zero-order valence-corrected chi connectivity index (χ0v) is 33.9. The summed E-state index contributed by atoms with van der Waals surface area (Å²) >= 11 is 0. The molecule has 9 rings (SSSR count). The molecule has 324 valence electrons. The van der Waals surface area contributed by atoms with Crippen molar-refractivity contribution in [1.82, 2.24) is 35.1 Å². The molecule has 5 atom stereocenters. The van der Waals surface area contributed by atoms with Crippen molar-refractivity contribution in [3.8, 4) is 17.0 Å². The number of rotatable bonds is 5. The van der Waals surface area contributed by atoms with Gasteiger partial charge in [0.1, 0.15) is 6.04 Å². The SMILES string of the molecule is C[C@@H]1C[C@H](CN2CCN(c3ccc4c(c3)C(=O)N([C@H]3CCC(=O)NC3=O)C4)CC2)C[C@H](C)N1C(=O)N1CCN2c3cc(-c4cccc(F)c4O)nnc3NCC2(C(F)(F)F)C1. The van der Waals surface area contributed by atoms with Crippen LogP contribution in [0.5, 0.6) is 5.75 Å². The Balaban J connectivity index is 0.813. The van der Waals surface area contributed by atoms with Gasteiger partial charge in [-0.25, -0.2) is 9.18 Å². The lowest BCUT2D eigenvalue weighted by Crippen LogP contribution is -2.75. The number of fused-ring (bicyclic) bond motifs is 4. The lowest BCUT2D eigenvalue weighted by Gasteiger charge is -2.55. The molecule has 1 unspecified atom stereocenters. The van der Waals surface area contributed by atoms with Crippen LogP contribution < -0.4 is 20.4 Å². The van der Waals surface area contributed by atoms with Gasteiger partial charge in [0.2, 0.25) is 11.8 Å². The van der Waals surface area contributed by atoms with Gasteiger partial charge in [-0.1, -0.05) is 12.1 Å². The number of carbonyl (C=O) groups excluding carboxylic acids is 4. The molecule has 3 N–H and O–H groups in total. The number of nitrogens with one attached hydrogen (secondary N) is 2. The van der Waals surface area contributed by atoms with Crippen LogP contribution in [0.3, 0.4) is 0 Å². The Kier molecular flexibility index (Phi) is 10.2. The van der Waals surface area contributed by atoms with Crippen LogP contribution in [-0.4, -0.2) is 147 Å². The molecule has 1 aromatic heterocycles. The standard InChI is InChI=1S/C42H48F4N10O5/c1-24-16-26(20-51-10-12-52(13-11-51)28-7-6-27-21-54(39(60)30(27)18-28)33-8-9-35(57)48-38(33)59)17-25(2)56(24)40(61)53-14-15-55-34-19-32(29-4-3-5-31(43)36(29)58)49-50-37(34)47-22-41(55,23-53)42(44,45)46/h3-7,18-19,24-26,33,58H,8-17,20-23H2,1-2H3,(H,47,50)(H,48,57,59)/t24-,25+,26+,33-,41?/m0/s1. The Hall–Kier alpha value is -5.72. The maximum absolute atomic E-state index is 15.3. The van der Waals surface area contributed by atoms with Crippen molar-refractivity contribution in [3.63, 3.8) is 0 Å². The second-order valence-electron chi connectivity index (χ2n) is 17.3. The number of hydrogen-bond donors (Lipinski definition) is 3. The van der Waals surface area contributed by atoms with Crippen LogP contribution in [0.1, 0.15) is 55.5 Å². The van der Waals surface area contributed by atoms with Gasteiger partial charge in [-0.15, -0.1) is 10.2 Å². The van der Waals surface area contributed by atoms with E-state index in [4.69, 9.17) is 0 Å². The first-order valence-electron chi connectivity index (χ1n) is 20.9. The fraction of sp³-hybridized carbons (Fsp3) is 0.524. The van der Waals surface area contributed by atoms with E-state index in [1.807, 2.05) is 32.0 Å². The number of anilines is 3. The first-order valence-corrected chi connectivity index (χ1v) is 20.9. The average Bonchev–Trinajstić information content (AvgIpc) is 3.55. The molecule has 6 aliphatic heterocycles. The zero-order chi connectivity index (χ0) is 43.0. The van der Waals surface area contributed by atoms with Gasteiger partial charge in [0.15, 0.2) is 22.9 Å². The summed E-state index contributed by atoms with van der Waals surface area (Å²) in [5.41, 5.74) is 0.0224. The van der Waals surface area contributed by atoms with Gasteiger partial charge in [0.25, 0.3) is 5.91 Å². The van der Waals surface area contributed by atoms with Crippen LogP contribution in [0.2, 0.25) is 0 Å². The van der Waals surface area contributed by atoms with E-state index in [0.717, 1.165) is 50.0 Å². The van der Waals surface area contributed by atoms with Gasteiger partial charge in [0.05, 0.1) is 24.5 Å². The minimum absolute atomic E-state index is 0.00238. The van der Waals surface area contributed by atoms with Crippen molar-refractivity contribution >= 4 is 40.9 Å². The number of likely N-dealkylation sites (tertiary alicyclic amines) is 1. The van der Waals surface area contributed by atoms with E-state index in [2.05, 4.69) is 30.6 Å². The Morgan fingerprint density at radius 2 is 1.70 bits per heavy atom. The van der Waals surface area contributed by atoms with Crippen molar-refractivity contribution in [2.24, 2.45) is 5.92 Å². The molecule has 5 amide bonds. The largest absolute Gasteiger partial charge is 0.504 e. The Morgan fingerprint density at radius 1 is 0.951 bits per heavy atom. The van der Waals surface area contributed by atoms with Gasteiger partial charge >= 0.3 is 12.2 Å². The second-order valence-corrected chi connectivity index (χ2v) is 17.3. The third-order valence-corrected chi connectivity index (χ3v) is 13.5. The molecule has 0 saturated carbocycles. The molecule has 19 heteroatoms. The van der Waals surface area contributed by atoms with Crippen LogP contribution in [0.15, 0.2) is 42.5 Å². The molecule has 6 aliphatic rings. The number of para-hydroxylation sites is 1. The highest BCUT2D eigenvalue weighted by molar-refractivity contribution is 6.05. The fourth-order valence-corrected chi connectivity index (χ4v) is 10.4. The maximum atomic E-state index is 15.3. The van der Waals surface area contributed by atoms with Crippen LogP contribution in [-0.2, 0) is 16.1 Å². The number of aromatic hydroxyl groups is 1. The number of benzene rings is 2. The van der Waals surface area contributed by atoms with E-state index in [1.165, 1.54) is 28.0 Å². The molecular formula is C42H48F4N10O5. The molecule has 0 spiro atoms. The third-order valence-electron chi connectivity index (χ3n) is 13.5. The van der Waals surface area contributed by atoms with E-state index in [0.29, 0.717) is 31.4 Å². The quantitative estimate of drug-likeness (QED) is 0.252. The van der Waals surface area contributed by atoms with Gasteiger partial charge < -0.3 is 34.9 Å². The minimum Gasteiger partial charge on any atom is -0.504 e. The molecular weight excluding hydrogens is 801 g/mol. The van der Waals surface area contributed by atoms with Crippen molar-refractivity contribution in [3.05, 3.63) is 59.4 Å². The average molecular weight is 849 g/mol. The number of hydrogen-bond acceptors (Lipinski definition) is 11. The number of imide groups is 1. The molecule has 2 aromatic carbocycles. The van der Waals surface area contributed by atoms with Crippen LogP contribution in [0, 0.1) is 11.7 Å². The van der Waals surface area contributed by atoms with E-state index < -0.39 is 54.4 Å². The Labute approximate surface area is 349 Å². The summed E-state index contributed by atoms with van der Waals surface area (Å²) < 4.78 is 60.1. The molecule has 0 radical (unpaired) electrons. The molecule has 3 aromatic rings. The third kappa shape index (κ3) is 7.13. The summed E-state index contributed by atoms with van der Waals surface area (Å²) in [6.07, 6.45) is -2.82. The Morgan fingerprint density at radius 3 is 2.43 bits per heavy atom. The second kappa shape index (κ2) is 15.3. The fourth-order valence-electron chi connectivity index (χ4n) is 10.4. The zero-order valence-electron chi connectivity index (χ0n) is 33.9. The molecule has 7 heterocycles. The molecule has 61 heavy (non-hydrogen) atoms. The normalized spacial score (nSPS) is 27.0.